The monoisotopic (exact) mass is 404 g/mol. The smallest absolute Gasteiger partial charge is 0.348 e. The van der Waals surface area contributed by atoms with Crippen molar-refractivity contribution in [3.8, 4) is 0 Å². The molecule has 0 N–H and O–H groups in total. The van der Waals surface area contributed by atoms with E-state index in [2.05, 4.69) is 81.8 Å². The first-order valence-corrected chi connectivity index (χ1v) is 19.0. The van der Waals surface area contributed by atoms with Gasteiger partial charge in [0.15, 0.2) is 16.6 Å². The highest BCUT2D eigenvalue weighted by molar-refractivity contribution is 6.94. The van der Waals surface area contributed by atoms with Crippen LogP contribution in [0.25, 0.3) is 0 Å². The van der Waals surface area contributed by atoms with Gasteiger partial charge in [-0.2, -0.15) is 0 Å². The molecule has 2 bridgehead atoms. The van der Waals surface area contributed by atoms with Crippen molar-refractivity contribution in [3.63, 3.8) is 0 Å². The molecule has 2 aliphatic carbocycles. The van der Waals surface area contributed by atoms with Crippen LogP contribution in [0.4, 0.5) is 0 Å². The Kier molecular flexibility index (Phi) is 5.85. The van der Waals surface area contributed by atoms with Gasteiger partial charge in [-0.25, -0.2) is 0 Å². The van der Waals surface area contributed by atoms with Gasteiger partial charge < -0.3 is 8.23 Å². The summed E-state index contributed by atoms with van der Waals surface area (Å²) in [7, 11) is -5.85. The zero-order valence-corrected chi connectivity index (χ0v) is 20.4. The highest BCUT2D eigenvalue weighted by atomic mass is 28.5. The first-order valence-electron chi connectivity index (χ1n) is 10.2. The van der Waals surface area contributed by atoms with Crippen molar-refractivity contribution in [2.24, 2.45) is 17.8 Å². The molecule has 5 heteroatoms. The number of fused-ring (bicyclic) bond motifs is 2. The highest BCUT2D eigenvalue weighted by Crippen LogP contribution is 2.46. The third kappa shape index (κ3) is 5.07. The molecule has 3 rings (SSSR count). The van der Waals surface area contributed by atoms with Crippen molar-refractivity contribution < 1.29 is 8.23 Å². The minimum Gasteiger partial charge on any atom is -0.433 e. The van der Waals surface area contributed by atoms with E-state index in [-0.39, 0.29) is 0 Å². The van der Waals surface area contributed by atoms with Crippen LogP contribution in [0.2, 0.25) is 45.3 Å². The number of hydrogen-bond acceptors (Lipinski definition) is 2. The molecular weight excluding hydrogens is 368 g/mol. The Balaban J connectivity index is 1.69. The molecule has 1 aromatic rings. The Hall–Kier alpha value is -0.469. The van der Waals surface area contributed by atoms with Crippen molar-refractivity contribution in [3.05, 3.63) is 42.5 Å². The number of rotatable bonds is 8. The SMILES string of the molecule is C[Si](C)(C)O[Si](C)(O[Si](C)(C)CCC1CC2C=CC1C2)c1ccccc1. The lowest BCUT2D eigenvalue weighted by atomic mass is 9.91. The third-order valence-electron chi connectivity index (χ3n) is 5.80. The second-order valence-corrected chi connectivity index (χ2v) is 22.3. The van der Waals surface area contributed by atoms with Crippen LogP contribution in [0.5, 0.6) is 0 Å². The van der Waals surface area contributed by atoms with Crippen LogP contribution >= 0.6 is 0 Å². The zero-order valence-electron chi connectivity index (χ0n) is 17.4. The van der Waals surface area contributed by atoms with Crippen molar-refractivity contribution in [1.29, 1.82) is 0 Å². The van der Waals surface area contributed by atoms with Gasteiger partial charge in [-0.3, -0.25) is 0 Å². The van der Waals surface area contributed by atoms with Gasteiger partial charge in [0, 0.05) is 0 Å². The summed E-state index contributed by atoms with van der Waals surface area (Å²) in [5.74, 6) is 2.61. The van der Waals surface area contributed by atoms with Gasteiger partial charge in [-0.05, 0) is 81.1 Å². The summed E-state index contributed by atoms with van der Waals surface area (Å²) in [5, 5.41) is 1.28. The van der Waals surface area contributed by atoms with E-state index in [4.69, 9.17) is 8.23 Å². The summed E-state index contributed by atoms with van der Waals surface area (Å²) in [6.45, 7) is 13.9. The van der Waals surface area contributed by atoms with E-state index in [9.17, 15) is 0 Å². The summed E-state index contributed by atoms with van der Waals surface area (Å²) in [4.78, 5) is 0. The lowest BCUT2D eigenvalue weighted by Gasteiger charge is -2.40. The minimum absolute atomic E-state index is 0.848. The van der Waals surface area contributed by atoms with Gasteiger partial charge in [-0.1, -0.05) is 48.9 Å². The van der Waals surface area contributed by atoms with Crippen LogP contribution in [-0.4, -0.2) is 25.2 Å². The average Bonchev–Trinajstić information content (AvgIpc) is 3.14. The molecule has 0 spiro atoms. The molecule has 0 saturated heterocycles. The maximum atomic E-state index is 7.00. The number of allylic oxidation sites excluding steroid dienone is 2. The lowest BCUT2D eigenvalue weighted by Crippen LogP contribution is -2.60. The second-order valence-electron chi connectivity index (χ2n) is 9.97. The Morgan fingerprint density at radius 1 is 0.885 bits per heavy atom. The molecule has 0 radical (unpaired) electrons. The zero-order chi connectivity index (χ0) is 19.0. The summed E-state index contributed by atoms with van der Waals surface area (Å²) in [6.07, 6.45) is 9.07. The largest absolute Gasteiger partial charge is 0.433 e. The van der Waals surface area contributed by atoms with Gasteiger partial charge in [0.2, 0.25) is 0 Å². The van der Waals surface area contributed by atoms with Crippen LogP contribution in [0.1, 0.15) is 19.3 Å². The Morgan fingerprint density at radius 3 is 2.12 bits per heavy atom. The topological polar surface area (TPSA) is 18.5 Å². The molecular formula is C21H36O2Si3. The van der Waals surface area contributed by atoms with Crippen LogP contribution < -0.4 is 5.19 Å². The standard InChI is InChI=1S/C21H36O2Si3/c1-24(2,3)22-26(6,21-10-8-7-9-11-21)23-25(4,5)15-14-20-17-18-12-13-19(20)16-18/h7-13,18-20H,14-17H2,1-6H3. The van der Waals surface area contributed by atoms with Crippen molar-refractivity contribution >= 4 is 30.4 Å². The molecule has 2 aliphatic rings. The fourth-order valence-corrected chi connectivity index (χ4v) is 17.5. The molecule has 26 heavy (non-hydrogen) atoms. The van der Waals surface area contributed by atoms with E-state index >= 15 is 0 Å². The second kappa shape index (κ2) is 7.51. The summed E-state index contributed by atoms with van der Waals surface area (Å²) in [5.41, 5.74) is 0. The van der Waals surface area contributed by atoms with Crippen molar-refractivity contribution in [1.82, 2.24) is 0 Å². The molecule has 0 aromatic heterocycles. The highest BCUT2D eigenvalue weighted by Gasteiger charge is 2.44. The Morgan fingerprint density at radius 2 is 1.58 bits per heavy atom. The minimum atomic E-state index is -2.38. The molecule has 1 fully saturated rings. The van der Waals surface area contributed by atoms with Crippen LogP contribution in [0.3, 0.4) is 0 Å². The maximum absolute atomic E-state index is 7.00. The van der Waals surface area contributed by atoms with Crippen molar-refractivity contribution in [2.75, 3.05) is 0 Å². The van der Waals surface area contributed by atoms with Crippen molar-refractivity contribution in [2.45, 2.75) is 64.6 Å². The third-order valence-corrected chi connectivity index (χ3v) is 16.5. The van der Waals surface area contributed by atoms with Gasteiger partial charge in [-0.15, -0.1) is 0 Å². The first-order chi connectivity index (χ1) is 12.1. The van der Waals surface area contributed by atoms with Gasteiger partial charge in [0.05, 0.1) is 0 Å². The molecule has 1 aromatic carbocycles. The quantitative estimate of drug-likeness (QED) is 0.412. The van der Waals surface area contributed by atoms with E-state index in [1.807, 2.05) is 0 Å². The molecule has 144 valence electrons. The molecule has 4 unspecified atom stereocenters. The summed E-state index contributed by atoms with van der Waals surface area (Å²) >= 11 is 0. The normalized spacial score (nSPS) is 27.7. The fourth-order valence-electron chi connectivity index (χ4n) is 4.80. The van der Waals surface area contributed by atoms with Crippen LogP contribution in [-0.2, 0) is 8.23 Å². The maximum Gasteiger partial charge on any atom is 0.348 e. The average molecular weight is 405 g/mol. The number of benzene rings is 1. The van der Waals surface area contributed by atoms with E-state index < -0.39 is 25.2 Å². The first kappa shape index (κ1) is 20.3. The Labute approximate surface area is 163 Å². The van der Waals surface area contributed by atoms with E-state index in [1.165, 1.54) is 30.5 Å². The van der Waals surface area contributed by atoms with E-state index in [0.717, 1.165) is 17.8 Å². The molecule has 0 heterocycles. The lowest BCUT2D eigenvalue weighted by molar-refractivity contribution is 0.386. The predicted molar refractivity (Wildman–Crippen MR) is 119 cm³/mol. The van der Waals surface area contributed by atoms with Gasteiger partial charge in [0.25, 0.3) is 0 Å². The molecule has 0 aliphatic heterocycles. The van der Waals surface area contributed by atoms with Gasteiger partial charge >= 0.3 is 8.56 Å². The molecule has 4 atom stereocenters. The summed E-state index contributed by atoms with van der Waals surface area (Å²) < 4.78 is 13.7. The predicted octanol–water partition coefficient (Wildman–Crippen LogP) is 5.64. The van der Waals surface area contributed by atoms with Crippen LogP contribution in [0, 0.1) is 17.8 Å². The van der Waals surface area contributed by atoms with Gasteiger partial charge in [0.1, 0.15) is 0 Å². The number of hydrogen-bond donors (Lipinski definition) is 0. The fraction of sp³-hybridized carbons (Fsp3) is 0.619. The molecule has 0 amide bonds. The van der Waals surface area contributed by atoms with E-state index in [0.29, 0.717) is 0 Å². The Bertz CT molecular complexity index is 638. The van der Waals surface area contributed by atoms with E-state index in [1.54, 1.807) is 0 Å². The van der Waals surface area contributed by atoms with Crippen LogP contribution in [0.15, 0.2) is 42.5 Å². The molecule has 1 saturated carbocycles. The molecule has 2 nitrogen and oxygen atoms in total. The summed E-state index contributed by atoms with van der Waals surface area (Å²) in [6, 6.07) is 12.0.